The second-order valence-corrected chi connectivity index (χ2v) is 4.19. The van der Waals surface area contributed by atoms with E-state index in [9.17, 15) is 14.9 Å². The number of rotatable bonds is 2. The third-order valence-electron chi connectivity index (χ3n) is 3.00. The van der Waals surface area contributed by atoms with Gasteiger partial charge in [-0.05, 0) is 18.2 Å². The third kappa shape index (κ3) is 1.83. The van der Waals surface area contributed by atoms with E-state index < -0.39 is 4.92 Å². The van der Waals surface area contributed by atoms with Crippen LogP contribution < -0.4 is 5.56 Å². The topological polar surface area (TPSA) is 78.0 Å². The molecule has 98 valence electrons. The van der Waals surface area contributed by atoms with E-state index in [2.05, 4.69) is 4.98 Å². The number of non-ortho nitro benzene ring substituents is 1. The molecular weight excluding hydrogens is 258 g/mol. The maximum atomic E-state index is 12.4. The van der Waals surface area contributed by atoms with E-state index in [1.54, 1.807) is 24.3 Å². The lowest BCUT2D eigenvalue weighted by Gasteiger charge is -2.06. The second kappa shape index (κ2) is 4.58. The zero-order chi connectivity index (χ0) is 14.1. The van der Waals surface area contributed by atoms with Crippen molar-refractivity contribution in [2.75, 3.05) is 0 Å². The van der Waals surface area contributed by atoms with Crippen molar-refractivity contribution in [2.45, 2.75) is 0 Å². The summed E-state index contributed by atoms with van der Waals surface area (Å²) in [6.07, 6.45) is 1.31. The van der Waals surface area contributed by atoms with Gasteiger partial charge in [0.2, 0.25) is 0 Å². The maximum Gasteiger partial charge on any atom is 0.295 e. The minimum Gasteiger partial charge on any atom is -0.268 e. The number of aromatic nitrogens is 2. The van der Waals surface area contributed by atoms with Crippen LogP contribution in [0.15, 0.2) is 59.7 Å². The van der Waals surface area contributed by atoms with Crippen LogP contribution in [0.1, 0.15) is 0 Å². The van der Waals surface area contributed by atoms with Gasteiger partial charge in [0.15, 0.2) is 5.52 Å². The summed E-state index contributed by atoms with van der Waals surface area (Å²) in [6.45, 7) is 0. The molecule has 6 heteroatoms. The molecule has 0 aliphatic rings. The van der Waals surface area contributed by atoms with Crippen LogP contribution in [0.3, 0.4) is 0 Å². The molecule has 2 aromatic carbocycles. The van der Waals surface area contributed by atoms with Crippen LogP contribution in [0.2, 0.25) is 0 Å². The quantitative estimate of drug-likeness (QED) is 0.527. The Balaban J connectivity index is 2.33. The van der Waals surface area contributed by atoms with Crippen molar-refractivity contribution in [3.05, 3.63) is 75.3 Å². The predicted octanol–water partition coefficient (Wildman–Crippen LogP) is 2.29. The Bertz CT molecular complexity index is 856. The molecule has 20 heavy (non-hydrogen) atoms. The number of hydrogen-bond acceptors (Lipinski definition) is 4. The lowest BCUT2D eigenvalue weighted by atomic mass is 10.2. The lowest BCUT2D eigenvalue weighted by molar-refractivity contribution is -0.383. The molecule has 0 aliphatic carbocycles. The molecule has 0 spiro atoms. The van der Waals surface area contributed by atoms with Gasteiger partial charge in [-0.25, -0.2) is 4.98 Å². The SMILES string of the molecule is O=c1c2cccc([N+](=O)[O-])c2ncn1-c1ccccc1. The molecule has 1 aromatic heterocycles. The first-order valence-electron chi connectivity index (χ1n) is 5.88. The van der Waals surface area contributed by atoms with Gasteiger partial charge in [-0.1, -0.05) is 24.3 Å². The second-order valence-electron chi connectivity index (χ2n) is 4.19. The summed E-state index contributed by atoms with van der Waals surface area (Å²) in [5.41, 5.74) is 0.276. The van der Waals surface area contributed by atoms with Crippen LogP contribution in [0, 0.1) is 10.1 Å². The summed E-state index contributed by atoms with van der Waals surface area (Å²) in [4.78, 5) is 26.9. The summed E-state index contributed by atoms with van der Waals surface area (Å²) < 4.78 is 1.37. The highest BCUT2D eigenvalue weighted by Gasteiger charge is 2.15. The normalized spacial score (nSPS) is 10.6. The Morgan fingerprint density at radius 1 is 1.05 bits per heavy atom. The van der Waals surface area contributed by atoms with Crippen LogP contribution in [0.5, 0.6) is 0 Å². The zero-order valence-corrected chi connectivity index (χ0v) is 10.3. The minimum atomic E-state index is -0.540. The first-order valence-corrected chi connectivity index (χ1v) is 5.88. The van der Waals surface area contributed by atoms with Gasteiger partial charge < -0.3 is 0 Å². The minimum absolute atomic E-state index is 0.106. The van der Waals surface area contributed by atoms with Crippen LogP contribution >= 0.6 is 0 Å². The van der Waals surface area contributed by atoms with Crippen LogP contribution in [0.25, 0.3) is 16.6 Å². The van der Waals surface area contributed by atoms with Gasteiger partial charge in [-0.15, -0.1) is 0 Å². The van der Waals surface area contributed by atoms with Gasteiger partial charge in [0.1, 0.15) is 6.33 Å². The maximum absolute atomic E-state index is 12.4. The van der Waals surface area contributed by atoms with Crippen LogP contribution in [0.4, 0.5) is 5.69 Å². The van der Waals surface area contributed by atoms with E-state index in [1.807, 2.05) is 6.07 Å². The Labute approximate surface area is 113 Å². The van der Waals surface area contributed by atoms with Gasteiger partial charge in [0, 0.05) is 6.07 Å². The van der Waals surface area contributed by atoms with E-state index in [1.165, 1.54) is 29.1 Å². The average Bonchev–Trinajstić information content (AvgIpc) is 2.48. The smallest absolute Gasteiger partial charge is 0.268 e. The summed E-state index contributed by atoms with van der Waals surface area (Å²) in [6, 6.07) is 13.4. The van der Waals surface area contributed by atoms with Crippen molar-refractivity contribution in [1.29, 1.82) is 0 Å². The summed E-state index contributed by atoms with van der Waals surface area (Å²) in [7, 11) is 0. The van der Waals surface area contributed by atoms with Gasteiger partial charge in [0.05, 0.1) is 16.0 Å². The van der Waals surface area contributed by atoms with E-state index in [0.717, 1.165) is 0 Å². The van der Waals surface area contributed by atoms with E-state index in [-0.39, 0.29) is 22.1 Å². The van der Waals surface area contributed by atoms with Gasteiger partial charge in [-0.3, -0.25) is 19.5 Å². The summed E-state index contributed by atoms with van der Waals surface area (Å²) in [5, 5.41) is 11.2. The fraction of sp³-hybridized carbons (Fsp3) is 0. The molecule has 0 unspecified atom stereocenters. The van der Waals surface area contributed by atoms with Crippen molar-refractivity contribution in [3.8, 4) is 5.69 Å². The molecule has 0 N–H and O–H groups in total. The van der Waals surface area contributed by atoms with Gasteiger partial charge >= 0.3 is 0 Å². The molecule has 0 fully saturated rings. The van der Waals surface area contributed by atoms with Gasteiger partial charge in [-0.2, -0.15) is 0 Å². The number of hydrogen-bond donors (Lipinski definition) is 0. The Morgan fingerprint density at radius 3 is 2.50 bits per heavy atom. The van der Waals surface area contributed by atoms with Crippen molar-refractivity contribution in [3.63, 3.8) is 0 Å². The molecule has 1 heterocycles. The molecule has 0 amide bonds. The Morgan fingerprint density at radius 2 is 1.80 bits per heavy atom. The number of para-hydroxylation sites is 2. The largest absolute Gasteiger partial charge is 0.295 e. The third-order valence-corrected chi connectivity index (χ3v) is 3.00. The first kappa shape index (κ1) is 12.0. The monoisotopic (exact) mass is 267 g/mol. The van der Waals surface area contributed by atoms with Crippen LogP contribution in [-0.2, 0) is 0 Å². The fourth-order valence-corrected chi connectivity index (χ4v) is 2.06. The molecule has 0 radical (unpaired) electrons. The molecular formula is C14H9N3O3. The Kier molecular flexibility index (Phi) is 2.76. The highest BCUT2D eigenvalue weighted by atomic mass is 16.6. The van der Waals surface area contributed by atoms with Crippen molar-refractivity contribution < 1.29 is 4.92 Å². The average molecular weight is 267 g/mol. The zero-order valence-electron chi connectivity index (χ0n) is 10.3. The van der Waals surface area contributed by atoms with Crippen LogP contribution in [-0.4, -0.2) is 14.5 Å². The molecule has 0 saturated carbocycles. The molecule has 0 saturated heterocycles. The van der Waals surface area contributed by atoms with E-state index in [4.69, 9.17) is 0 Å². The molecule has 6 nitrogen and oxygen atoms in total. The van der Waals surface area contributed by atoms with Crippen molar-refractivity contribution >= 4 is 16.6 Å². The highest BCUT2D eigenvalue weighted by molar-refractivity contribution is 5.86. The molecule has 3 rings (SSSR count). The lowest BCUT2D eigenvalue weighted by Crippen LogP contribution is -2.19. The Hall–Kier alpha value is -3.02. The molecule has 3 aromatic rings. The number of nitrogens with zero attached hydrogens (tertiary/aromatic N) is 3. The summed E-state index contributed by atoms with van der Waals surface area (Å²) in [5.74, 6) is 0. The fourth-order valence-electron chi connectivity index (χ4n) is 2.06. The number of benzene rings is 2. The molecule has 0 aliphatic heterocycles. The predicted molar refractivity (Wildman–Crippen MR) is 74.0 cm³/mol. The highest BCUT2D eigenvalue weighted by Crippen LogP contribution is 2.20. The van der Waals surface area contributed by atoms with Gasteiger partial charge in [0.25, 0.3) is 11.2 Å². The number of fused-ring (bicyclic) bond motifs is 1. The summed E-state index contributed by atoms with van der Waals surface area (Å²) >= 11 is 0. The molecule has 0 atom stereocenters. The standard InChI is InChI=1S/C14H9N3O3/c18-14-11-7-4-8-12(17(19)20)13(11)15-9-16(14)10-5-2-1-3-6-10/h1-9H. The van der Waals surface area contributed by atoms with E-state index in [0.29, 0.717) is 5.69 Å². The molecule has 0 bridgehead atoms. The first-order chi connectivity index (χ1) is 9.68. The van der Waals surface area contributed by atoms with E-state index >= 15 is 0 Å². The number of nitro benzene ring substituents is 1. The van der Waals surface area contributed by atoms with Crippen molar-refractivity contribution in [1.82, 2.24) is 9.55 Å². The number of nitro groups is 1. The van der Waals surface area contributed by atoms with Crippen molar-refractivity contribution in [2.24, 2.45) is 0 Å².